The molecule has 5 nitrogen and oxygen atoms in total. The Morgan fingerprint density at radius 2 is 1.51 bits per heavy atom. The van der Waals surface area contributed by atoms with Crippen LogP contribution in [-0.4, -0.2) is 18.4 Å². The molecule has 1 heterocycles. The molecule has 1 N–H and O–H groups in total. The number of anilines is 2. The van der Waals surface area contributed by atoms with Gasteiger partial charge in [-0.15, -0.1) is 0 Å². The molecule has 1 aliphatic heterocycles. The summed E-state index contributed by atoms with van der Waals surface area (Å²) in [5.74, 6) is -1.21. The van der Waals surface area contributed by atoms with E-state index in [2.05, 4.69) is 5.32 Å². The summed E-state index contributed by atoms with van der Waals surface area (Å²) in [5.41, 5.74) is -2.86. The number of ether oxygens (including phenoxy) is 1. The van der Waals surface area contributed by atoms with Crippen molar-refractivity contribution in [3.8, 4) is 5.75 Å². The minimum atomic E-state index is -5.09. The van der Waals surface area contributed by atoms with Gasteiger partial charge in [-0.2, -0.15) is 26.3 Å². The monoisotopic (exact) mass is 494 g/mol. The van der Waals surface area contributed by atoms with E-state index in [0.29, 0.717) is 23.6 Å². The molecular weight excluding hydrogens is 478 g/mol. The highest BCUT2D eigenvalue weighted by atomic mass is 19.4. The lowest BCUT2D eigenvalue weighted by atomic mass is 10.0. The molecule has 0 aliphatic carbocycles. The molecule has 0 saturated heterocycles. The van der Waals surface area contributed by atoms with Crippen LogP contribution in [0.4, 0.5) is 37.7 Å². The van der Waals surface area contributed by atoms with Crippen molar-refractivity contribution < 1.29 is 40.7 Å². The van der Waals surface area contributed by atoms with E-state index in [4.69, 9.17) is 4.74 Å². The Morgan fingerprint density at radius 3 is 2.11 bits per heavy atom. The van der Waals surface area contributed by atoms with Crippen LogP contribution in [0.1, 0.15) is 27.0 Å². The molecule has 11 heteroatoms. The number of hydrogen-bond acceptors (Lipinski definition) is 3. The second-order valence-electron chi connectivity index (χ2n) is 7.69. The van der Waals surface area contributed by atoms with E-state index in [1.54, 1.807) is 24.3 Å². The van der Waals surface area contributed by atoms with Crippen molar-refractivity contribution in [2.24, 2.45) is 0 Å². The number of alkyl halides is 6. The first-order chi connectivity index (χ1) is 16.4. The lowest BCUT2D eigenvalue weighted by Crippen LogP contribution is -2.38. The molecule has 3 aromatic carbocycles. The zero-order valence-corrected chi connectivity index (χ0v) is 17.7. The molecular formula is C24H16F6N2O3. The first-order valence-corrected chi connectivity index (χ1v) is 10.1. The van der Waals surface area contributed by atoms with Crippen molar-refractivity contribution in [2.45, 2.75) is 18.9 Å². The summed E-state index contributed by atoms with van der Waals surface area (Å²) in [6, 6.07) is 13.8. The van der Waals surface area contributed by atoms with Gasteiger partial charge in [0.2, 0.25) is 0 Å². The highest BCUT2D eigenvalue weighted by molar-refractivity contribution is 6.05. The van der Waals surface area contributed by atoms with Gasteiger partial charge in [-0.1, -0.05) is 30.3 Å². The Labute approximate surface area is 194 Å². The van der Waals surface area contributed by atoms with Gasteiger partial charge < -0.3 is 15.0 Å². The number of rotatable bonds is 4. The molecule has 182 valence electrons. The average molecular weight is 494 g/mol. The van der Waals surface area contributed by atoms with Crippen LogP contribution in [0.3, 0.4) is 0 Å². The van der Waals surface area contributed by atoms with Crippen LogP contribution in [0.25, 0.3) is 0 Å². The number of halogens is 6. The number of carbonyl (C=O) groups excluding carboxylic acids is 2. The molecule has 35 heavy (non-hydrogen) atoms. The Morgan fingerprint density at radius 1 is 0.886 bits per heavy atom. The molecule has 3 aromatic rings. The topological polar surface area (TPSA) is 58.6 Å². The van der Waals surface area contributed by atoms with Crippen molar-refractivity contribution in [1.82, 2.24) is 0 Å². The molecule has 2 amide bonds. The Hall–Kier alpha value is -4.02. The fourth-order valence-corrected chi connectivity index (χ4v) is 3.51. The lowest BCUT2D eigenvalue weighted by Gasteiger charge is -2.30. The SMILES string of the molecule is O=C(Nc1ccc2c(c1)N(Cc1ccccc1)C(=O)CO2)c1cc(C(F)(F)F)cc(C(F)(F)F)c1. The molecule has 0 fully saturated rings. The van der Waals surface area contributed by atoms with E-state index in [1.165, 1.54) is 23.1 Å². The molecule has 4 rings (SSSR count). The fourth-order valence-electron chi connectivity index (χ4n) is 3.51. The summed E-state index contributed by atoms with van der Waals surface area (Å²) in [6.07, 6.45) is -10.2. The summed E-state index contributed by atoms with van der Waals surface area (Å²) in [7, 11) is 0. The van der Waals surface area contributed by atoms with Crippen molar-refractivity contribution in [3.63, 3.8) is 0 Å². The van der Waals surface area contributed by atoms with Crippen molar-refractivity contribution >= 4 is 23.2 Å². The normalized spacial score (nSPS) is 13.8. The quantitative estimate of drug-likeness (QED) is 0.460. The minimum absolute atomic E-state index is 0.0519. The van der Waals surface area contributed by atoms with Gasteiger partial charge in [-0.05, 0) is 42.0 Å². The summed E-state index contributed by atoms with van der Waals surface area (Å²) < 4.78 is 84.1. The van der Waals surface area contributed by atoms with Gasteiger partial charge >= 0.3 is 12.4 Å². The molecule has 0 atom stereocenters. The van der Waals surface area contributed by atoms with Crippen LogP contribution < -0.4 is 15.0 Å². The second kappa shape index (κ2) is 8.97. The van der Waals surface area contributed by atoms with Gasteiger partial charge in [0.1, 0.15) is 5.75 Å². The molecule has 0 unspecified atom stereocenters. The molecule has 0 spiro atoms. The van der Waals surface area contributed by atoms with Crippen LogP contribution in [0.15, 0.2) is 66.7 Å². The zero-order valence-electron chi connectivity index (χ0n) is 17.7. The maximum Gasteiger partial charge on any atom is 0.416 e. The molecule has 0 radical (unpaired) electrons. The predicted molar refractivity (Wildman–Crippen MR) is 114 cm³/mol. The van der Waals surface area contributed by atoms with Crippen LogP contribution in [0, 0.1) is 0 Å². The molecule has 0 saturated carbocycles. The van der Waals surface area contributed by atoms with Crippen molar-refractivity contribution in [2.75, 3.05) is 16.8 Å². The van der Waals surface area contributed by atoms with Gasteiger partial charge in [0.25, 0.3) is 11.8 Å². The van der Waals surface area contributed by atoms with Gasteiger partial charge in [-0.25, -0.2) is 0 Å². The number of fused-ring (bicyclic) bond motifs is 1. The van der Waals surface area contributed by atoms with Crippen LogP contribution in [0.5, 0.6) is 5.75 Å². The summed E-state index contributed by atoms with van der Waals surface area (Å²) in [6.45, 7) is -0.0218. The van der Waals surface area contributed by atoms with Crippen LogP contribution >= 0.6 is 0 Å². The third kappa shape index (κ3) is 5.39. The number of hydrogen-bond donors (Lipinski definition) is 1. The number of nitrogens with zero attached hydrogens (tertiary/aromatic N) is 1. The number of carbonyl (C=O) groups is 2. The van der Waals surface area contributed by atoms with E-state index in [0.717, 1.165) is 5.56 Å². The third-order valence-electron chi connectivity index (χ3n) is 5.19. The van der Waals surface area contributed by atoms with Gasteiger partial charge in [-0.3, -0.25) is 9.59 Å². The first kappa shape index (κ1) is 24.1. The number of amides is 2. The van der Waals surface area contributed by atoms with E-state index >= 15 is 0 Å². The standard InChI is InChI=1S/C24H16F6N2O3/c25-23(26,27)16-8-15(9-17(10-16)24(28,29)30)22(34)31-18-6-7-20-19(11-18)32(21(33)13-35-20)12-14-4-2-1-3-5-14/h1-11H,12-13H2,(H,31,34). The summed E-state index contributed by atoms with van der Waals surface area (Å²) in [4.78, 5) is 26.5. The third-order valence-corrected chi connectivity index (χ3v) is 5.19. The largest absolute Gasteiger partial charge is 0.482 e. The van der Waals surface area contributed by atoms with Gasteiger partial charge in [0.15, 0.2) is 6.61 Å². The minimum Gasteiger partial charge on any atom is -0.482 e. The smallest absolute Gasteiger partial charge is 0.416 e. The van der Waals surface area contributed by atoms with E-state index in [9.17, 15) is 35.9 Å². The van der Waals surface area contributed by atoms with Crippen molar-refractivity contribution in [1.29, 1.82) is 0 Å². The molecule has 0 aromatic heterocycles. The fraction of sp³-hybridized carbons (Fsp3) is 0.167. The second-order valence-corrected chi connectivity index (χ2v) is 7.69. The van der Waals surface area contributed by atoms with E-state index < -0.39 is 35.0 Å². The zero-order chi connectivity index (χ0) is 25.4. The first-order valence-electron chi connectivity index (χ1n) is 10.1. The summed E-state index contributed by atoms with van der Waals surface area (Å²) >= 11 is 0. The Kier molecular flexibility index (Phi) is 6.18. The predicted octanol–water partition coefficient (Wildman–Crippen LogP) is 5.90. The molecule has 1 aliphatic rings. The molecule has 0 bridgehead atoms. The van der Waals surface area contributed by atoms with Crippen LogP contribution in [-0.2, 0) is 23.7 Å². The maximum absolute atomic E-state index is 13.1. The van der Waals surface area contributed by atoms with Gasteiger partial charge in [0.05, 0.1) is 23.4 Å². The lowest BCUT2D eigenvalue weighted by molar-refractivity contribution is -0.143. The summed E-state index contributed by atoms with van der Waals surface area (Å²) in [5, 5.41) is 2.30. The Balaban J connectivity index is 1.64. The van der Waals surface area contributed by atoms with Gasteiger partial charge in [0, 0.05) is 11.3 Å². The highest BCUT2D eigenvalue weighted by Crippen LogP contribution is 2.38. The number of benzene rings is 3. The highest BCUT2D eigenvalue weighted by Gasteiger charge is 2.37. The van der Waals surface area contributed by atoms with E-state index in [1.807, 2.05) is 6.07 Å². The number of nitrogens with one attached hydrogen (secondary N) is 1. The average Bonchev–Trinajstić information content (AvgIpc) is 2.80. The Bertz CT molecular complexity index is 1240. The van der Waals surface area contributed by atoms with Crippen LogP contribution in [0.2, 0.25) is 0 Å². The maximum atomic E-state index is 13.1. The van der Waals surface area contributed by atoms with Crippen molar-refractivity contribution in [3.05, 3.63) is 89.0 Å². The van der Waals surface area contributed by atoms with E-state index in [-0.39, 0.29) is 30.8 Å².